The van der Waals surface area contributed by atoms with E-state index in [1.165, 1.54) is 20.5 Å². The molecule has 29 heavy (non-hydrogen) atoms. The maximum absolute atomic E-state index is 12.2. The number of fused-ring (bicyclic) bond motifs is 1. The van der Waals surface area contributed by atoms with Crippen LogP contribution in [0.15, 0.2) is 11.8 Å². The summed E-state index contributed by atoms with van der Waals surface area (Å²) in [5.41, 5.74) is 0.309. The van der Waals surface area contributed by atoms with Crippen LogP contribution >= 0.6 is 0 Å². The SMILES string of the molecule is COC(=O)C1=CO[C@@H](OC)[C@@H]2[C@H](C)O[C@@H](O[C@H]3O[C@H](CO)[C@@H](O)[C@H](O)[C@H]3O)C[C@H]12. The number of hydrogen-bond acceptors (Lipinski definition) is 11. The van der Waals surface area contributed by atoms with Crippen LogP contribution in [0.3, 0.4) is 0 Å². The second kappa shape index (κ2) is 9.23. The molecule has 0 bridgehead atoms. The first kappa shape index (κ1) is 22.4. The van der Waals surface area contributed by atoms with Gasteiger partial charge in [0.15, 0.2) is 12.6 Å². The van der Waals surface area contributed by atoms with E-state index in [-0.39, 0.29) is 18.3 Å². The Labute approximate surface area is 167 Å². The average Bonchev–Trinajstić information content (AvgIpc) is 2.72. The van der Waals surface area contributed by atoms with Crippen LogP contribution in [0.1, 0.15) is 13.3 Å². The molecule has 11 nitrogen and oxygen atoms in total. The molecule has 0 aromatic carbocycles. The molecular weight excluding hydrogens is 392 g/mol. The summed E-state index contributed by atoms with van der Waals surface area (Å²) in [6, 6.07) is 0. The normalized spacial score (nSPS) is 45.0. The van der Waals surface area contributed by atoms with Crippen LogP contribution in [0, 0.1) is 11.8 Å². The van der Waals surface area contributed by atoms with Gasteiger partial charge in [-0.1, -0.05) is 0 Å². The predicted molar refractivity (Wildman–Crippen MR) is 92.8 cm³/mol. The summed E-state index contributed by atoms with van der Waals surface area (Å²) >= 11 is 0. The molecule has 3 heterocycles. The van der Waals surface area contributed by atoms with Gasteiger partial charge in [0.25, 0.3) is 0 Å². The number of ether oxygens (including phenoxy) is 6. The molecule has 2 saturated heterocycles. The van der Waals surface area contributed by atoms with Gasteiger partial charge in [0.2, 0.25) is 6.29 Å². The fourth-order valence-electron chi connectivity index (χ4n) is 4.09. The largest absolute Gasteiger partial charge is 0.472 e. The number of esters is 1. The molecule has 166 valence electrons. The van der Waals surface area contributed by atoms with Crippen molar-refractivity contribution in [1.82, 2.24) is 0 Å². The lowest BCUT2D eigenvalue weighted by Crippen LogP contribution is -2.60. The first-order chi connectivity index (χ1) is 13.8. The maximum Gasteiger partial charge on any atom is 0.337 e. The minimum atomic E-state index is -1.56. The third kappa shape index (κ3) is 4.28. The first-order valence-corrected chi connectivity index (χ1v) is 9.40. The molecule has 0 spiro atoms. The topological polar surface area (TPSA) is 153 Å². The molecule has 0 aliphatic carbocycles. The van der Waals surface area contributed by atoms with Crippen molar-refractivity contribution >= 4 is 5.97 Å². The zero-order chi connectivity index (χ0) is 21.3. The van der Waals surface area contributed by atoms with E-state index in [2.05, 4.69) is 0 Å². The van der Waals surface area contributed by atoms with Crippen molar-refractivity contribution in [3.8, 4) is 0 Å². The summed E-state index contributed by atoms with van der Waals surface area (Å²) in [7, 11) is 2.76. The zero-order valence-electron chi connectivity index (χ0n) is 16.4. The van der Waals surface area contributed by atoms with Gasteiger partial charge in [-0.05, 0) is 6.92 Å². The van der Waals surface area contributed by atoms with Crippen LogP contribution in [0.2, 0.25) is 0 Å². The van der Waals surface area contributed by atoms with Crippen molar-refractivity contribution in [2.75, 3.05) is 20.8 Å². The molecule has 0 unspecified atom stereocenters. The van der Waals surface area contributed by atoms with Gasteiger partial charge >= 0.3 is 5.97 Å². The molecule has 0 amide bonds. The smallest absolute Gasteiger partial charge is 0.337 e. The second-order valence-electron chi connectivity index (χ2n) is 7.33. The maximum atomic E-state index is 12.2. The number of aliphatic hydroxyl groups excluding tert-OH is 4. The van der Waals surface area contributed by atoms with Crippen molar-refractivity contribution in [2.45, 2.75) is 62.7 Å². The number of carbonyl (C=O) groups is 1. The summed E-state index contributed by atoms with van der Waals surface area (Å²) in [6.07, 6.45) is -7.53. The molecule has 0 aromatic heterocycles. The van der Waals surface area contributed by atoms with E-state index >= 15 is 0 Å². The molecule has 11 heteroatoms. The quantitative estimate of drug-likeness (QED) is 0.374. The zero-order valence-corrected chi connectivity index (χ0v) is 16.4. The van der Waals surface area contributed by atoms with Crippen molar-refractivity contribution in [3.63, 3.8) is 0 Å². The van der Waals surface area contributed by atoms with Crippen molar-refractivity contribution in [3.05, 3.63) is 11.8 Å². The van der Waals surface area contributed by atoms with Crippen LogP contribution in [-0.2, 0) is 33.2 Å². The highest BCUT2D eigenvalue weighted by atomic mass is 16.8. The van der Waals surface area contributed by atoms with Gasteiger partial charge in [0.05, 0.1) is 37.6 Å². The van der Waals surface area contributed by atoms with Gasteiger partial charge in [0.1, 0.15) is 24.4 Å². The van der Waals surface area contributed by atoms with Gasteiger partial charge < -0.3 is 48.8 Å². The lowest BCUT2D eigenvalue weighted by molar-refractivity contribution is -0.356. The number of carbonyl (C=O) groups excluding carboxylic acids is 1. The number of aliphatic hydroxyl groups is 4. The number of hydrogen-bond donors (Lipinski definition) is 4. The lowest BCUT2D eigenvalue weighted by Gasteiger charge is -2.47. The summed E-state index contributed by atoms with van der Waals surface area (Å²) < 4.78 is 32.6. The van der Waals surface area contributed by atoms with E-state index < -0.39 is 62.0 Å². The minimum Gasteiger partial charge on any atom is -0.472 e. The van der Waals surface area contributed by atoms with Crippen molar-refractivity contribution < 1.29 is 53.6 Å². The lowest BCUT2D eigenvalue weighted by atomic mass is 9.77. The predicted octanol–water partition coefficient (Wildman–Crippen LogP) is -1.77. The minimum absolute atomic E-state index is 0.203. The first-order valence-electron chi connectivity index (χ1n) is 9.40. The Morgan fingerprint density at radius 2 is 1.86 bits per heavy atom. The van der Waals surface area contributed by atoms with E-state index in [0.29, 0.717) is 5.57 Å². The van der Waals surface area contributed by atoms with E-state index in [1.807, 2.05) is 0 Å². The molecule has 3 rings (SSSR count). The molecule has 10 atom stereocenters. The van der Waals surface area contributed by atoms with E-state index in [1.54, 1.807) is 6.92 Å². The fraction of sp³-hybridized carbons (Fsp3) is 0.833. The average molecular weight is 420 g/mol. The molecule has 0 radical (unpaired) electrons. The summed E-state index contributed by atoms with van der Waals surface area (Å²) in [4.78, 5) is 12.2. The van der Waals surface area contributed by atoms with Crippen molar-refractivity contribution in [2.24, 2.45) is 11.8 Å². The Hall–Kier alpha value is -1.31. The Balaban J connectivity index is 1.76. The molecule has 3 aliphatic heterocycles. The molecule has 4 N–H and O–H groups in total. The van der Waals surface area contributed by atoms with Crippen LogP contribution < -0.4 is 0 Å². The van der Waals surface area contributed by atoms with Gasteiger partial charge in [0, 0.05) is 19.4 Å². The van der Waals surface area contributed by atoms with E-state index in [4.69, 9.17) is 28.4 Å². The highest BCUT2D eigenvalue weighted by Crippen LogP contribution is 2.43. The monoisotopic (exact) mass is 420 g/mol. The van der Waals surface area contributed by atoms with E-state index in [0.717, 1.165) is 0 Å². The number of rotatable bonds is 5. The third-order valence-electron chi connectivity index (χ3n) is 5.65. The summed E-state index contributed by atoms with van der Waals surface area (Å²) in [6.45, 7) is 1.20. The van der Waals surface area contributed by atoms with Crippen LogP contribution in [0.25, 0.3) is 0 Å². The molecular formula is C18H28O11. The summed E-state index contributed by atoms with van der Waals surface area (Å²) in [5.74, 6) is -1.23. The Morgan fingerprint density at radius 1 is 1.14 bits per heavy atom. The summed E-state index contributed by atoms with van der Waals surface area (Å²) in [5, 5.41) is 39.3. The molecule has 0 aromatic rings. The molecule has 3 aliphatic rings. The standard InChI is InChI=1S/C18H28O11/c1-7-12-8(9(16(23)24-2)6-26-17(12)25-3)4-11(27-7)29-18-15(22)14(21)13(20)10(5-19)28-18/h6-8,10-15,17-22H,4-5H2,1-3H3/t7-,8+,10+,11-,12+,13+,14-,15+,17+,18+/m0/s1. The third-order valence-corrected chi connectivity index (χ3v) is 5.65. The van der Waals surface area contributed by atoms with Crippen LogP contribution in [0.5, 0.6) is 0 Å². The van der Waals surface area contributed by atoms with E-state index in [9.17, 15) is 25.2 Å². The van der Waals surface area contributed by atoms with Crippen molar-refractivity contribution in [1.29, 1.82) is 0 Å². The van der Waals surface area contributed by atoms with Gasteiger partial charge in [-0.15, -0.1) is 0 Å². The highest BCUT2D eigenvalue weighted by molar-refractivity contribution is 5.88. The molecule has 2 fully saturated rings. The Bertz CT molecular complexity index is 609. The Kier molecular flexibility index (Phi) is 7.12. The van der Waals surface area contributed by atoms with Crippen LogP contribution in [-0.4, -0.2) is 96.6 Å². The fourth-order valence-corrected chi connectivity index (χ4v) is 4.09. The van der Waals surface area contributed by atoms with Gasteiger partial charge in [-0.3, -0.25) is 0 Å². The van der Waals surface area contributed by atoms with Crippen LogP contribution in [0.4, 0.5) is 0 Å². The Morgan fingerprint density at radius 3 is 2.48 bits per heavy atom. The second-order valence-corrected chi connectivity index (χ2v) is 7.33. The van der Waals surface area contributed by atoms with Gasteiger partial charge in [-0.2, -0.15) is 0 Å². The van der Waals surface area contributed by atoms with Gasteiger partial charge in [-0.25, -0.2) is 4.79 Å². The molecule has 0 saturated carbocycles. The highest BCUT2D eigenvalue weighted by Gasteiger charge is 2.50. The number of methoxy groups -OCH3 is 2.